The van der Waals surface area contributed by atoms with Gasteiger partial charge in [-0.1, -0.05) is 30.3 Å². The van der Waals surface area contributed by atoms with Gasteiger partial charge in [0, 0.05) is 45.2 Å². The summed E-state index contributed by atoms with van der Waals surface area (Å²) in [5.41, 5.74) is 1.08. The van der Waals surface area contributed by atoms with E-state index in [2.05, 4.69) is 10.2 Å². The molecule has 2 fully saturated rings. The van der Waals surface area contributed by atoms with Crippen molar-refractivity contribution in [3.05, 3.63) is 35.9 Å². The molecule has 2 saturated heterocycles. The molecule has 3 amide bonds. The molecule has 24 heavy (non-hydrogen) atoms. The van der Waals surface area contributed by atoms with Gasteiger partial charge in [0.15, 0.2) is 0 Å². The first kappa shape index (κ1) is 16.8. The highest BCUT2D eigenvalue weighted by atomic mass is 16.2. The maximum absolute atomic E-state index is 12.5. The smallest absolute Gasteiger partial charge is 0.317 e. The molecule has 6 heteroatoms. The van der Waals surface area contributed by atoms with Gasteiger partial charge in [0.2, 0.25) is 5.91 Å². The molecule has 2 atom stereocenters. The molecule has 130 valence electrons. The van der Waals surface area contributed by atoms with Crippen molar-refractivity contribution in [2.24, 2.45) is 11.8 Å². The number of carbonyl (C=O) groups excluding carboxylic acids is 2. The van der Waals surface area contributed by atoms with E-state index in [1.54, 1.807) is 4.90 Å². The van der Waals surface area contributed by atoms with Crippen LogP contribution in [0.3, 0.4) is 0 Å². The van der Waals surface area contributed by atoms with Gasteiger partial charge in [-0.15, -0.1) is 0 Å². The Hall–Kier alpha value is -2.08. The number of amides is 3. The topological polar surface area (TPSA) is 55.9 Å². The molecular formula is C18H26N4O2. The van der Waals surface area contributed by atoms with Crippen LogP contribution in [0.5, 0.6) is 0 Å². The summed E-state index contributed by atoms with van der Waals surface area (Å²) >= 11 is 0. The van der Waals surface area contributed by atoms with Crippen LogP contribution in [0.1, 0.15) is 5.56 Å². The van der Waals surface area contributed by atoms with E-state index in [9.17, 15) is 9.59 Å². The fourth-order valence-corrected chi connectivity index (χ4v) is 3.52. The second-order valence-corrected chi connectivity index (χ2v) is 7.00. The maximum Gasteiger partial charge on any atom is 0.317 e. The minimum Gasteiger partial charge on any atom is -0.341 e. The van der Waals surface area contributed by atoms with Crippen LogP contribution in [0.4, 0.5) is 4.79 Å². The van der Waals surface area contributed by atoms with E-state index in [0.717, 1.165) is 25.2 Å². The number of carbonyl (C=O) groups is 2. The lowest BCUT2D eigenvalue weighted by Crippen LogP contribution is -2.42. The van der Waals surface area contributed by atoms with E-state index in [1.165, 1.54) is 0 Å². The quantitative estimate of drug-likeness (QED) is 0.871. The van der Waals surface area contributed by atoms with E-state index in [0.29, 0.717) is 19.6 Å². The molecule has 2 heterocycles. The third kappa shape index (κ3) is 3.70. The van der Waals surface area contributed by atoms with Gasteiger partial charge in [0.1, 0.15) is 0 Å². The Morgan fingerprint density at radius 2 is 1.96 bits per heavy atom. The fraction of sp³-hybridized carbons (Fsp3) is 0.556. The first-order valence-electron chi connectivity index (χ1n) is 8.55. The average Bonchev–Trinajstić information content (AvgIpc) is 3.11. The molecule has 3 rings (SSSR count). The van der Waals surface area contributed by atoms with Crippen molar-refractivity contribution in [2.75, 3.05) is 46.8 Å². The fourth-order valence-electron chi connectivity index (χ4n) is 3.52. The van der Waals surface area contributed by atoms with E-state index in [-0.39, 0.29) is 23.8 Å². The van der Waals surface area contributed by atoms with Gasteiger partial charge >= 0.3 is 6.03 Å². The molecule has 0 aliphatic carbocycles. The number of urea groups is 1. The molecule has 0 spiro atoms. The number of hydrogen-bond donors (Lipinski definition) is 1. The maximum atomic E-state index is 12.5. The highest BCUT2D eigenvalue weighted by Gasteiger charge is 2.47. The highest BCUT2D eigenvalue weighted by molar-refractivity contribution is 5.84. The number of hydrogen-bond acceptors (Lipinski definition) is 3. The summed E-state index contributed by atoms with van der Waals surface area (Å²) < 4.78 is 0. The van der Waals surface area contributed by atoms with E-state index >= 15 is 0 Å². The summed E-state index contributed by atoms with van der Waals surface area (Å²) in [4.78, 5) is 30.7. The Labute approximate surface area is 143 Å². The van der Waals surface area contributed by atoms with Gasteiger partial charge in [-0.05, 0) is 19.7 Å². The number of benzene rings is 1. The molecular weight excluding hydrogens is 304 g/mol. The van der Waals surface area contributed by atoms with Crippen LogP contribution >= 0.6 is 0 Å². The Kier molecular flexibility index (Phi) is 5.04. The number of fused-ring (bicyclic) bond motifs is 1. The second kappa shape index (κ2) is 7.21. The molecule has 0 radical (unpaired) electrons. The van der Waals surface area contributed by atoms with Crippen molar-refractivity contribution in [3.8, 4) is 0 Å². The summed E-state index contributed by atoms with van der Waals surface area (Å²) in [6, 6.07) is 9.79. The molecule has 1 aromatic carbocycles. The lowest BCUT2D eigenvalue weighted by Gasteiger charge is -2.23. The summed E-state index contributed by atoms with van der Waals surface area (Å²) in [7, 11) is 4.03. The first-order chi connectivity index (χ1) is 11.5. The van der Waals surface area contributed by atoms with Gasteiger partial charge in [-0.25, -0.2) is 4.79 Å². The van der Waals surface area contributed by atoms with Crippen molar-refractivity contribution >= 4 is 11.9 Å². The zero-order valence-electron chi connectivity index (χ0n) is 14.4. The molecule has 1 N–H and O–H groups in total. The van der Waals surface area contributed by atoms with Crippen LogP contribution in [0.2, 0.25) is 0 Å². The zero-order valence-corrected chi connectivity index (χ0v) is 14.4. The van der Waals surface area contributed by atoms with E-state index < -0.39 is 0 Å². The third-order valence-electron chi connectivity index (χ3n) is 4.92. The zero-order chi connectivity index (χ0) is 17.1. The second-order valence-electron chi connectivity index (χ2n) is 7.00. The molecule has 0 bridgehead atoms. The predicted molar refractivity (Wildman–Crippen MR) is 92.4 cm³/mol. The minimum absolute atomic E-state index is 0.0189. The molecule has 6 nitrogen and oxygen atoms in total. The largest absolute Gasteiger partial charge is 0.341 e. The molecule has 0 saturated carbocycles. The minimum atomic E-state index is -0.0686. The van der Waals surface area contributed by atoms with Crippen molar-refractivity contribution < 1.29 is 9.59 Å². The van der Waals surface area contributed by atoms with Gasteiger partial charge < -0.3 is 20.0 Å². The normalized spacial score (nSPS) is 23.0. The predicted octanol–water partition coefficient (Wildman–Crippen LogP) is 0.848. The molecule has 0 aromatic heterocycles. The van der Waals surface area contributed by atoms with Gasteiger partial charge in [0.25, 0.3) is 0 Å². The van der Waals surface area contributed by atoms with Crippen LogP contribution < -0.4 is 5.32 Å². The van der Waals surface area contributed by atoms with E-state index in [4.69, 9.17) is 0 Å². The van der Waals surface area contributed by atoms with Crippen molar-refractivity contribution in [1.29, 1.82) is 0 Å². The third-order valence-corrected chi connectivity index (χ3v) is 4.92. The lowest BCUT2D eigenvalue weighted by atomic mass is 10.0. The lowest BCUT2D eigenvalue weighted by molar-refractivity contribution is -0.131. The summed E-state index contributed by atoms with van der Waals surface area (Å²) in [5, 5.41) is 2.95. The van der Waals surface area contributed by atoms with Crippen LogP contribution in [0.25, 0.3) is 0 Å². The molecule has 2 aliphatic heterocycles. The van der Waals surface area contributed by atoms with Gasteiger partial charge in [-0.2, -0.15) is 0 Å². The number of nitrogens with zero attached hydrogens (tertiary/aromatic N) is 3. The number of likely N-dealkylation sites (tertiary alicyclic amines) is 2. The van der Waals surface area contributed by atoms with Gasteiger partial charge in [0.05, 0.1) is 5.92 Å². The van der Waals surface area contributed by atoms with Crippen LogP contribution in [-0.2, 0) is 11.3 Å². The molecule has 0 unspecified atom stereocenters. The summed E-state index contributed by atoms with van der Waals surface area (Å²) in [6.07, 6.45) is 0. The Balaban J connectivity index is 1.48. The Bertz CT molecular complexity index is 590. The number of nitrogens with one attached hydrogen (secondary N) is 1. The van der Waals surface area contributed by atoms with Crippen LogP contribution in [-0.4, -0.2) is 73.5 Å². The standard InChI is InChI=1S/C18H26N4O2/c1-20(2)8-9-21-11-15-12-22(13-16(15)17(21)23)18(24)19-10-14-6-4-3-5-7-14/h3-7,15-16H,8-13H2,1-2H3,(H,19,24)/t15-,16+/m1/s1. The van der Waals surface area contributed by atoms with Crippen molar-refractivity contribution in [3.63, 3.8) is 0 Å². The van der Waals surface area contributed by atoms with Crippen LogP contribution in [0.15, 0.2) is 30.3 Å². The molecule has 2 aliphatic rings. The van der Waals surface area contributed by atoms with Crippen LogP contribution in [0, 0.1) is 11.8 Å². The van der Waals surface area contributed by atoms with E-state index in [1.807, 2.05) is 49.3 Å². The van der Waals surface area contributed by atoms with Crippen molar-refractivity contribution in [2.45, 2.75) is 6.54 Å². The van der Waals surface area contributed by atoms with Gasteiger partial charge in [-0.3, -0.25) is 4.79 Å². The SMILES string of the molecule is CN(C)CCN1C[C@@H]2CN(C(=O)NCc3ccccc3)C[C@@H]2C1=O. The molecule has 1 aromatic rings. The highest BCUT2D eigenvalue weighted by Crippen LogP contribution is 2.32. The monoisotopic (exact) mass is 330 g/mol. The first-order valence-corrected chi connectivity index (χ1v) is 8.55. The number of likely N-dealkylation sites (N-methyl/N-ethyl adjacent to an activating group) is 1. The number of rotatable bonds is 5. The van der Waals surface area contributed by atoms with Crippen molar-refractivity contribution in [1.82, 2.24) is 20.0 Å². The Morgan fingerprint density at radius 1 is 1.21 bits per heavy atom. The summed E-state index contributed by atoms with van der Waals surface area (Å²) in [5.74, 6) is 0.469. The average molecular weight is 330 g/mol. The summed E-state index contributed by atoms with van der Waals surface area (Å²) in [6.45, 7) is 4.18. The Morgan fingerprint density at radius 3 is 2.62 bits per heavy atom.